The van der Waals surface area contributed by atoms with Crippen LogP contribution in [-0.2, 0) is 0 Å². The molecular formula is C18H26N2. The second-order valence-electron chi connectivity index (χ2n) is 5.46. The van der Waals surface area contributed by atoms with Crippen LogP contribution in [0.2, 0.25) is 0 Å². The monoisotopic (exact) mass is 270 g/mol. The zero-order valence-corrected chi connectivity index (χ0v) is 12.9. The summed E-state index contributed by atoms with van der Waals surface area (Å²) in [6.07, 6.45) is 5.45. The van der Waals surface area contributed by atoms with E-state index in [-0.39, 0.29) is 0 Å². The standard InChI is InChI=1S/C18H26N2/c1-4-11-20-18(14(5-2)6-3)16-10-9-15-8-7-12-19-17(15)13-16/h7-10,12-14,18,20H,4-6,11H2,1-3H3. The summed E-state index contributed by atoms with van der Waals surface area (Å²) in [4.78, 5) is 4.49. The number of rotatable bonds is 7. The van der Waals surface area contributed by atoms with E-state index in [0.717, 1.165) is 12.1 Å². The Morgan fingerprint density at radius 1 is 1.10 bits per heavy atom. The lowest BCUT2D eigenvalue weighted by atomic mass is 9.88. The van der Waals surface area contributed by atoms with Crippen LogP contribution in [0.5, 0.6) is 0 Å². The highest BCUT2D eigenvalue weighted by Crippen LogP contribution is 2.29. The number of nitrogens with zero attached hydrogens (tertiary/aromatic N) is 1. The van der Waals surface area contributed by atoms with Gasteiger partial charge in [-0.15, -0.1) is 0 Å². The number of benzene rings is 1. The highest BCUT2D eigenvalue weighted by Gasteiger charge is 2.19. The summed E-state index contributed by atoms with van der Waals surface area (Å²) in [5.41, 5.74) is 2.47. The Morgan fingerprint density at radius 3 is 2.60 bits per heavy atom. The summed E-state index contributed by atoms with van der Waals surface area (Å²) in [6.45, 7) is 7.86. The van der Waals surface area contributed by atoms with Crippen LogP contribution in [0.25, 0.3) is 10.9 Å². The third-order valence-corrected chi connectivity index (χ3v) is 4.12. The molecule has 0 spiro atoms. The fraction of sp³-hybridized carbons (Fsp3) is 0.500. The zero-order chi connectivity index (χ0) is 14.4. The van der Waals surface area contributed by atoms with Crippen molar-refractivity contribution in [1.82, 2.24) is 10.3 Å². The molecule has 0 saturated heterocycles. The first-order chi connectivity index (χ1) is 9.80. The van der Waals surface area contributed by atoms with Crippen LogP contribution in [0.1, 0.15) is 51.6 Å². The summed E-state index contributed by atoms with van der Waals surface area (Å²) in [5.74, 6) is 0.683. The number of pyridine rings is 1. The Bertz CT molecular complexity index is 532. The summed E-state index contributed by atoms with van der Waals surface area (Å²) in [7, 11) is 0. The van der Waals surface area contributed by atoms with Crippen LogP contribution < -0.4 is 5.32 Å². The highest BCUT2D eigenvalue weighted by atomic mass is 14.9. The molecule has 1 N–H and O–H groups in total. The average molecular weight is 270 g/mol. The van der Waals surface area contributed by atoms with Crippen molar-refractivity contribution in [2.75, 3.05) is 6.54 Å². The highest BCUT2D eigenvalue weighted by molar-refractivity contribution is 5.79. The maximum absolute atomic E-state index is 4.49. The molecule has 108 valence electrons. The Hall–Kier alpha value is -1.41. The molecule has 1 aromatic heterocycles. The van der Waals surface area contributed by atoms with Gasteiger partial charge >= 0.3 is 0 Å². The minimum absolute atomic E-state index is 0.441. The molecule has 1 unspecified atom stereocenters. The molecule has 0 fully saturated rings. The van der Waals surface area contributed by atoms with E-state index in [4.69, 9.17) is 0 Å². The van der Waals surface area contributed by atoms with Gasteiger partial charge in [0.25, 0.3) is 0 Å². The van der Waals surface area contributed by atoms with E-state index in [2.05, 4.69) is 55.3 Å². The van der Waals surface area contributed by atoms with Crippen molar-refractivity contribution >= 4 is 10.9 Å². The molecule has 0 aliphatic heterocycles. The topological polar surface area (TPSA) is 24.9 Å². The second-order valence-corrected chi connectivity index (χ2v) is 5.46. The predicted octanol–water partition coefficient (Wildman–Crippen LogP) is 4.71. The molecule has 2 aromatic rings. The Kier molecular flexibility index (Phi) is 5.54. The molecule has 20 heavy (non-hydrogen) atoms. The van der Waals surface area contributed by atoms with Crippen LogP contribution in [0.3, 0.4) is 0 Å². The fourth-order valence-electron chi connectivity index (χ4n) is 2.89. The van der Waals surface area contributed by atoms with Gasteiger partial charge in [0.1, 0.15) is 0 Å². The van der Waals surface area contributed by atoms with Crippen molar-refractivity contribution in [3.05, 3.63) is 42.1 Å². The molecule has 0 aliphatic rings. The molecule has 2 rings (SSSR count). The lowest BCUT2D eigenvalue weighted by Gasteiger charge is -2.27. The van der Waals surface area contributed by atoms with E-state index >= 15 is 0 Å². The summed E-state index contributed by atoms with van der Waals surface area (Å²) < 4.78 is 0. The van der Waals surface area contributed by atoms with Crippen molar-refractivity contribution in [3.63, 3.8) is 0 Å². The number of hydrogen-bond donors (Lipinski definition) is 1. The molecular weight excluding hydrogens is 244 g/mol. The third-order valence-electron chi connectivity index (χ3n) is 4.12. The normalized spacial score (nSPS) is 13.0. The molecule has 0 radical (unpaired) electrons. The van der Waals surface area contributed by atoms with Crippen molar-refractivity contribution in [2.24, 2.45) is 5.92 Å². The first-order valence-corrected chi connectivity index (χ1v) is 7.88. The van der Waals surface area contributed by atoms with E-state index in [0.29, 0.717) is 12.0 Å². The maximum atomic E-state index is 4.49. The van der Waals surface area contributed by atoms with Gasteiger partial charge in [-0.1, -0.05) is 51.8 Å². The summed E-state index contributed by atoms with van der Waals surface area (Å²) in [6, 6.07) is 11.3. The SMILES string of the molecule is CCCNC(c1ccc2cccnc2c1)C(CC)CC. The van der Waals surface area contributed by atoms with Crippen molar-refractivity contribution < 1.29 is 0 Å². The van der Waals surface area contributed by atoms with Gasteiger partial charge in [-0.25, -0.2) is 0 Å². The van der Waals surface area contributed by atoms with E-state index in [1.807, 2.05) is 12.3 Å². The van der Waals surface area contributed by atoms with Gasteiger partial charge in [0.2, 0.25) is 0 Å². The molecule has 0 aliphatic carbocycles. The number of nitrogens with one attached hydrogen (secondary N) is 1. The van der Waals surface area contributed by atoms with Crippen molar-refractivity contribution in [2.45, 2.75) is 46.1 Å². The van der Waals surface area contributed by atoms with E-state index in [1.165, 1.54) is 30.2 Å². The molecule has 1 atom stereocenters. The molecule has 0 bridgehead atoms. The van der Waals surface area contributed by atoms with Gasteiger partial charge in [0.05, 0.1) is 5.52 Å². The quantitative estimate of drug-likeness (QED) is 0.788. The molecule has 2 nitrogen and oxygen atoms in total. The number of hydrogen-bond acceptors (Lipinski definition) is 2. The molecule has 0 amide bonds. The van der Waals surface area contributed by atoms with Crippen LogP contribution in [0, 0.1) is 5.92 Å². The molecule has 0 saturated carbocycles. The minimum Gasteiger partial charge on any atom is -0.310 e. The Labute approximate surface area is 122 Å². The van der Waals surface area contributed by atoms with Crippen LogP contribution in [0.15, 0.2) is 36.5 Å². The molecule has 2 heteroatoms. The fourth-order valence-corrected chi connectivity index (χ4v) is 2.89. The van der Waals surface area contributed by atoms with Crippen molar-refractivity contribution in [1.29, 1.82) is 0 Å². The largest absolute Gasteiger partial charge is 0.310 e. The lowest BCUT2D eigenvalue weighted by Crippen LogP contribution is -2.28. The Balaban J connectivity index is 2.33. The molecule has 1 heterocycles. The number of aromatic nitrogens is 1. The van der Waals surface area contributed by atoms with Gasteiger partial charge < -0.3 is 5.32 Å². The van der Waals surface area contributed by atoms with E-state index in [1.54, 1.807) is 0 Å². The number of fused-ring (bicyclic) bond motifs is 1. The first kappa shape index (κ1) is 15.0. The zero-order valence-electron chi connectivity index (χ0n) is 12.9. The first-order valence-electron chi connectivity index (χ1n) is 7.88. The minimum atomic E-state index is 0.441. The average Bonchev–Trinajstić information content (AvgIpc) is 2.51. The lowest BCUT2D eigenvalue weighted by molar-refractivity contribution is 0.342. The Morgan fingerprint density at radius 2 is 1.90 bits per heavy atom. The predicted molar refractivity (Wildman–Crippen MR) is 86.8 cm³/mol. The van der Waals surface area contributed by atoms with Crippen molar-refractivity contribution in [3.8, 4) is 0 Å². The molecule has 1 aromatic carbocycles. The maximum Gasteiger partial charge on any atom is 0.0705 e. The van der Waals surface area contributed by atoms with Gasteiger partial charge in [-0.2, -0.15) is 0 Å². The summed E-state index contributed by atoms with van der Waals surface area (Å²) >= 11 is 0. The smallest absolute Gasteiger partial charge is 0.0705 e. The third kappa shape index (κ3) is 3.37. The second kappa shape index (κ2) is 7.39. The summed E-state index contributed by atoms with van der Waals surface area (Å²) in [5, 5.41) is 4.94. The van der Waals surface area contributed by atoms with Gasteiger partial charge in [0, 0.05) is 17.6 Å². The van der Waals surface area contributed by atoms with Crippen LogP contribution in [0.4, 0.5) is 0 Å². The van der Waals surface area contributed by atoms with E-state index in [9.17, 15) is 0 Å². The van der Waals surface area contributed by atoms with Crippen LogP contribution in [-0.4, -0.2) is 11.5 Å². The van der Waals surface area contributed by atoms with Gasteiger partial charge in [-0.3, -0.25) is 4.98 Å². The van der Waals surface area contributed by atoms with E-state index < -0.39 is 0 Å². The van der Waals surface area contributed by atoms with Crippen LogP contribution >= 0.6 is 0 Å². The van der Waals surface area contributed by atoms with Gasteiger partial charge in [-0.05, 0) is 36.6 Å². The van der Waals surface area contributed by atoms with Gasteiger partial charge in [0.15, 0.2) is 0 Å².